The number of carbonyl (C=O) groups excluding carboxylic acids is 2. The fourth-order valence-corrected chi connectivity index (χ4v) is 9.55. The Bertz CT molecular complexity index is 1180. The van der Waals surface area contributed by atoms with E-state index in [-0.39, 0.29) is 22.6 Å². The molecule has 6 heteroatoms. The van der Waals surface area contributed by atoms with Gasteiger partial charge < -0.3 is 20.8 Å². The van der Waals surface area contributed by atoms with Crippen molar-refractivity contribution in [3.63, 3.8) is 0 Å². The normalized spacial score (nSPS) is 36.2. The summed E-state index contributed by atoms with van der Waals surface area (Å²) in [4.78, 5) is 28.7. The average Bonchev–Trinajstić information content (AvgIpc) is 3.50. The minimum atomic E-state index is -0.864. The van der Waals surface area contributed by atoms with E-state index in [0.717, 1.165) is 24.0 Å². The van der Waals surface area contributed by atoms with Crippen molar-refractivity contribution in [3.8, 4) is 0 Å². The molecule has 4 N–H and O–H groups in total. The number of fused-ring (bicyclic) bond motifs is 4. The molecule has 2 amide bonds. The number of amides is 2. The Kier molecular flexibility index (Phi) is 6.47. The molecule has 4 bridgehead atoms. The molecule has 214 valence electrons. The third-order valence-corrected chi connectivity index (χ3v) is 12.3. The van der Waals surface area contributed by atoms with Crippen LogP contribution in [0.5, 0.6) is 0 Å². The van der Waals surface area contributed by atoms with Crippen LogP contribution in [0.15, 0.2) is 60.7 Å². The molecule has 0 saturated heterocycles. The number of hydrogen-bond donors (Lipinski definition) is 4. The molecule has 0 radical (unpaired) electrons. The van der Waals surface area contributed by atoms with E-state index in [2.05, 4.69) is 38.3 Å². The van der Waals surface area contributed by atoms with Gasteiger partial charge in [-0.05, 0) is 72.3 Å². The fourth-order valence-electron chi connectivity index (χ4n) is 9.55. The largest absolute Gasteiger partial charge is 0.392 e. The van der Waals surface area contributed by atoms with E-state index in [1.807, 2.05) is 60.7 Å². The number of hydrogen-bond acceptors (Lipinski definition) is 4. The van der Waals surface area contributed by atoms with Gasteiger partial charge in [-0.15, -0.1) is 0 Å². The molecular weight excluding hydrogens is 500 g/mol. The molecule has 0 spiro atoms. The molecule has 0 aromatic heterocycles. The zero-order chi connectivity index (χ0) is 28.5. The lowest BCUT2D eigenvalue weighted by Gasteiger charge is -2.43. The molecule has 4 aliphatic rings. The highest BCUT2D eigenvalue weighted by atomic mass is 16.3. The van der Waals surface area contributed by atoms with Crippen molar-refractivity contribution in [2.45, 2.75) is 90.5 Å². The maximum atomic E-state index is 14.4. The quantitative estimate of drug-likeness (QED) is 0.391. The molecule has 4 aliphatic carbocycles. The van der Waals surface area contributed by atoms with Crippen LogP contribution < -0.4 is 10.6 Å². The number of carbonyl (C=O) groups is 2. The second-order valence-corrected chi connectivity index (χ2v) is 14.1. The highest BCUT2D eigenvalue weighted by Gasteiger charge is 2.69. The summed E-state index contributed by atoms with van der Waals surface area (Å²) in [5.41, 5.74) is -0.602. The Balaban J connectivity index is 1.40. The molecule has 8 atom stereocenters. The van der Waals surface area contributed by atoms with Crippen LogP contribution in [0, 0.1) is 33.5 Å². The monoisotopic (exact) mass is 544 g/mol. The first kappa shape index (κ1) is 27.5. The van der Waals surface area contributed by atoms with Crippen LogP contribution in [0.3, 0.4) is 0 Å². The third kappa shape index (κ3) is 3.61. The van der Waals surface area contributed by atoms with Crippen molar-refractivity contribution < 1.29 is 19.8 Å². The van der Waals surface area contributed by atoms with E-state index in [9.17, 15) is 19.8 Å². The van der Waals surface area contributed by atoms with Crippen LogP contribution >= 0.6 is 0 Å². The summed E-state index contributed by atoms with van der Waals surface area (Å²) in [6.45, 7) is 8.47. The summed E-state index contributed by atoms with van der Waals surface area (Å²) in [6, 6.07) is 18.5. The van der Waals surface area contributed by atoms with Crippen LogP contribution in [0.2, 0.25) is 0 Å². The second-order valence-electron chi connectivity index (χ2n) is 14.1. The maximum Gasteiger partial charge on any atom is 0.229 e. The standard InChI is InChI=1S/C34H44N2O4/c1-31(2)23-15-17-33(31,25(37)19-23)29(39)35-27(21-11-7-5-8-12-21)28(22-13-9-6-10-14-22)36-30(40)34-18-16-24(20-26(34)38)32(34,3)4/h5-14,23-28,37-38H,15-20H2,1-4H3,(H,35,39)(H,36,40)/t23?,24?,25-,26-,27+,28+,33?,34?/m1/s1. The molecule has 4 unspecified atom stereocenters. The number of aliphatic hydroxyl groups is 2. The minimum absolute atomic E-state index is 0.144. The van der Waals surface area contributed by atoms with Gasteiger partial charge in [-0.2, -0.15) is 0 Å². The zero-order valence-corrected chi connectivity index (χ0v) is 24.2. The maximum absolute atomic E-state index is 14.4. The highest BCUT2D eigenvalue weighted by Crippen LogP contribution is 2.67. The predicted molar refractivity (Wildman–Crippen MR) is 154 cm³/mol. The van der Waals surface area contributed by atoms with Crippen LogP contribution in [0.1, 0.15) is 89.4 Å². The summed E-state index contributed by atoms with van der Waals surface area (Å²) in [5.74, 6) is 0.339. The first-order chi connectivity index (χ1) is 19.0. The SMILES string of the molecule is CC1(C)C2CCC1(C(=O)N[C@@H](c1ccccc1)[C@@H](NC(=O)C13CCC(C[C@H]1O)C3(C)C)c1ccccc1)[C@H](O)C2. The average molecular weight is 545 g/mol. The predicted octanol–water partition coefficient (Wildman–Crippen LogP) is 5.08. The Morgan fingerprint density at radius 1 is 0.675 bits per heavy atom. The molecule has 0 heterocycles. The van der Waals surface area contributed by atoms with Gasteiger partial charge in [0, 0.05) is 0 Å². The van der Waals surface area contributed by atoms with Gasteiger partial charge in [-0.3, -0.25) is 9.59 Å². The Hall–Kier alpha value is -2.70. The fraction of sp³-hybridized carbons (Fsp3) is 0.588. The van der Waals surface area contributed by atoms with E-state index < -0.39 is 35.1 Å². The minimum Gasteiger partial charge on any atom is -0.392 e. The lowest BCUT2D eigenvalue weighted by molar-refractivity contribution is -0.147. The van der Waals surface area contributed by atoms with Crippen molar-refractivity contribution in [3.05, 3.63) is 71.8 Å². The van der Waals surface area contributed by atoms with Crippen molar-refractivity contribution in [1.29, 1.82) is 0 Å². The first-order valence-electron chi connectivity index (χ1n) is 15.0. The van der Waals surface area contributed by atoms with Crippen LogP contribution in [0.4, 0.5) is 0 Å². The van der Waals surface area contributed by atoms with Crippen LogP contribution in [-0.2, 0) is 9.59 Å². The van der Waals surface area contributed by atoms with Crippen molar-refractivity contribution in [2.75, 3.05) is 0 Å². The van der Waals surface area contributed by atoms with Gasteiger partial charge in [0.2, 0.25) is 11.8 Å². The Labute approximate surface area is 238 Å². The molecule has 2 aromatic rings. The smallest absolute Gasteiger partial charge is 0.229 e. The van der Waals surface area contributed by atoms with E-state index >= 15 is 0 Å². The summed E-state index contributed by atoms with van der Waals surface area (Å²) in [5, 5.41) is 29.1. The number of benzene rings is 2. The molecule has 0 aliphatic heterocycles. The van der Waals surface area contributed by atoms with Gasteiger partial charge >= 0.3 is 0 Å². The summed E-state index contributed by atoms with van der Waals surface area (Å²) >= 11 is 0. The Morgan fingerprint density at radius 3 is 1.30 bits per heavy atom. The molecule has 40 heavy (non-hydrogen) atoms. The van der Waals surface area contributed by atoms with Crippen molar-refractivity contribution >= 4 is 11.8 Å². The lowest BCUT2D eigenvalue weighted by Crippen LogP contribution is -2.56. The first-order valence-corrected chi connectivity index (χ1v) is 15.0. The van der Waals surface area contributed by atoms with E-state index in [1.54, 1.807) is 0 Å². The molecule has 6 rings (SSSR count). The number of nitrogens with one attached hydrogen (secondary N) is 2. The zero-order valence-electron chi connectivity index (χ0n) is 24.2. The van der Waals surface area contributed by atoms with Crippen LogP contribution in [0.25, 0.3) is 0 Å². The van der Waals surface area contributed by atoms with Crippen LogP contribution in [-0.4, -0.2) is 34.2 Å². The molecular formula is C34H44N2O4. The highest BCUT2D eigenvalue weighted by molar-refractivity contribution is 5.87. The van der Waals surface area contributed by atoms with Crippen molar-refractivity contribution in [2.24, 2.45) is 33.5 Å². The van der Waals surface area contributed by atoms with E-state index in [1.165, 1.54) is 0 Å². The van der Waals surface area contributed by atoms with Crippen molar-refractivity contribution in [1.82, 2.24) is 10.6 Å². The summed E-state index contributed by atoms with van der Waals surface area (Å²) in [6.07, 6.45) is 3.10. The molecule has 2 aromatic carbocycles. The topological polar surface area (TPSA) is 98.7 Å². The van der Waals surface area contributed by atoms with Gasteiger partial charge in [0.05, 0.1) is 35.1 Å². The second kappa shape index (κ2) is 9.42. The molecule has 4 saturated carbocycles. The molecule has 4 fully saturated rings. The summed E-state index contributed by atoms with van der Waals surface area (Å²) in [7, 11) is 0. The lowest BCUT2D eigenvalue weighted by atomic mass is 9.67. The van der Waals surface area contributed by atoms with E-state index in [4.69, 9.17) is 0 Å². The van der Waals surface area contributed by atoms with Gasteiger partial charge in [0.25, 0.3) is 0 Å². The summed E-state index contributed by atoms with van der Waals surface area (Å²) < 4.78 is 0. The van der Waals surface area contributed by atoms with Gasteiger partial charge in [0.15, 0.2) is 0 Å². The number of rotatable bonds is 7. The Morgan fingerprint density at radius 2 is 1.02 bits per heavy atom. The van der Waals surface area contributed by atoms with E-state index in [0.29, 0.717) is 37.5 Å². The van der Waals surface area contributed by atoms with Gasteiger partial charge in [0.1, 0.15) is 0 Å². The van der Waals surface area contributed by atoms with Gasteiger partial charge in [-0.1, -0.05) is 88.4 Å². The number of aliphatic hydroxyl groups excluding tert-OH is 2. The van der Waals surface area contributed by atoms with Gasteiger partial charge in [-0.25, -0.2) is 0 Å². The third-order valence-electron chi connectivity index (χ3n) is 12.3. The molecule has 6 nitrogen and oxygen atoms in total.